The molecule has 78 heavy (non-hydrogen) atoms. The van der Waals surface area contributed by atoms with Crippen LogP contribution in [0.3, 0.4) is 0 Å². The smallest absolute Gasteiger partial charge is 0.411 e. The summed E-state index contributed by atoms with van der Waals surface area (Å²) in [5.74, 6) is 0.585. The van der Waals surface area contributed by atoms with Crippen molar-refractivity contribution in [2.24, 2.45) is 0 Å². The molecule has 0 saturated carbocycles. The summed E-state index contributed by atoms with van der Waals surface area (Å²) < 4.78 is 119. The van der Waals surface area contributed by atoms with Crippen molar-refractivity contribution < 1.29 is 54.9 Å². The third-order valence-corrected chi connectivity index (χ3v) is 14.2. The monoisotopic (exact) mass is 1050 g/mol. The summed E-state index contributed by atoms with van der Waals surface area (Å²) in [6.45, 7) is -0.736. The standard InChI is InChI=1S/C64H48F6N2O6/c65-63(66,67)62(64(68,69)70)46-26-18-40(19-27-46)36-75-52-30-22-42-10-1-5-14-48(42)58(52)60-50-16-7-3-12-44(50)24-32-54(60)77-38-56(73)71-34-9-35-72-57(74)39-78-55-33-25-45-13-4-8-17-51(45)61(55)59-49-15-6-2-11-43(49)23-31-53(59)76-37-41-20-28-47(62)29-21-41/h1-8,10-33H,9,34-39H2,(H,71,73)(H,72,74). The van der Waals surface area contributed by atoms with Crippen LogP contribution in [0, 0.1) is 0 Å². The van der Waals surface area contributed by atoms with Gasteiger partial charge in [-0.05, 0) is 96.0 Å². The van der Waals surface area contributed by atoms with E-state index in [1.807, 2.05) is 121 Å². The van der Waals surface area contributed by atoms with Gasteiger partial charge in [0.1, 0.15) is 36.2 Å². The van der Waals surface area contributed by atoms with Crippen molar-refractivity contribution in [3.05, 3.63) is 216 Å². The van der Waals surface area contributed by atoms with Crippen molar-refractivity contribution in [2.45, 2.75) is 37.4 Å². The minimum absolute atomic E-state index is 0.229. The number of halogens is 6. The Labute approximate surface area is 444 Å². The van der Waals surface area contributed by atoms with Gasteiger partial charge < -0.3 is 29.6 Å². The second kappa shape index (κ2) is 21.2. The summed E-state index contributed by atoms with van der Waals surface area (Å²) >= 11 is 0. The number of benzene rings is 10. The van der Waals surface area contributed by atoms with Crippen LogP contribution >= 0.6 is 0 Å². The number of amides is 2. The Morgan fingerprint density at radius 1 is 0.346 bits per heavy atom. The van der Waals surface area contributed by atoms with Crippen molar-refractivity contribution in [1.29, 1.82) is 0 Å². The molecule has 10 aromatic rings. The molecule has 2 amide bonds. The number of hydrogen-bond acceptors (Lipinski definition) is 6. The van der Waals surface area contributed by atoms with E-state index < -0.39 is 40.7 Å². The van der Waals surface area contributed by atoms with E-state index in [4.69, 9.17) is 18.9 Å². The number of ether oxygens (including phenoxy) is 4. The van der Waals surface area contributed by atoms with Crippen LogP contribution in [0.5, 0.6) is 23.0 Å². The molecule has 392 valence electrons. The topological polar surface area (TPSA) is 95.1 Å². The lowest BCUT2D eigenvalue weighted by atomic mass is 9.72. The van der Waals surface area contributed by atoms with Crippen LogP contribution in [0.4, 0.5) is 26.3 Å². The lowest BCUT2D eigenvalue weighted by Crippen LogP contribution is -2.54. The molecule has 3 aliphatic heterocycles. The summed E-state index contributed by atoms with van der Waals surface area (Å²) in [5.41, 5.74) is -3.47. The maximum absolute atomic E-state index is 15.6. The lowest BCUT2D eigenvalue weighted by molar-refractivity contribution is -0.288. The zero-order valence-corrected chi connectivity index (χ0v) is 41.6. The summed E-state index contributed by atoms with van der Waals surface area (Å²) in [6, 6.07) is 53.0. The Morgan fingerprint density at radius 3 is 0.923 bits per heavy atom. The molecule has 13 rings (SSSR count). The SMILES string of the molecule is O=C1COc2ccc3ccccc3c2-c2c(ccc3ccccc23)OCc2ccc(cc2)C(C(F)(F)F)(C(F)(F)F)c2ccc(cc2)COc2ccc3ccccc3c2-c2c(ccc3ccccc23)OCC(=O)NCCCN1. The molecule has 3 aliphatic rings. The third-order valence-electron chi connectivity index (χ3n) is 14.2. The Kier molecular flexibility index (Phi) is 13.9. The van der Waals surface area contributed by atoms with E-state index in [0.29, 0.717) is 62.8 Å². The molecule has 0 fully saturated rings. The van der Waals surface area contributed by atoms with Crippen LogP contribution in [0.1, 0.15) is 28.7 Å². The fourth-order valence-corrected chi connectivity index (χ4v) is 10.5. The quantitative estimate of drug-likeness (QED) is 0.147. The number of alkyl halides is 6. The predicted molar refractivity (Wildman–Crippen MR) is 290 cm³/mol. The van der Waals surface area contributed by atoms with E-state index in [1.54, 1.807) is 24.3 Å². The molecular weight excluding hydrogens is 1010 g/mol. The van der Waals surface area contributed by atoms with E-state index in [9.17, 15) is 9.59 Å². The van der Waals surface area contributed by atoms with Gasteiger partial charge in [0.2, 0.25) is 5.41 Å². The first-order chi connectivity index (χ1) is 37.8. The highest BCUT2D eigenvalue weighted by Crippen LogP contribution is 2.56. The summed E-state index contributed by atoms with van der Waals surface area (Å²) in [4.78, 5) is 26.7. The van der Waals surface area contributed by atoms with Crippen molar-refractivity contribution in [3.8, 4) is 45.3 Å². The molecule has 0 radical (unpaired) electrons. The molecule has 10 aromatic carbocycles. The van der Waals surface area contributed by atoms with Gasteiger partial charge >= 0.3 is 12.4 Å². The number of fused-ring (bicyclic) bond motifs is 6. The first-order valence-electron chi connectivity index (χ1n) is 25.2. The van der Waals surface area contributed by atoms with E-state index in [-0.39, 0.29) is 39.5 Å². The molecule has 3 heterocycles. The van der Waals surface area contributed by atoms with Crippen LogP contribution < -0.4 is 29.6 Å². The third kappa shape index (κ3) is 9.74. The fourth-order valence-electron chi connectivity index (χ4n) is 10.5. The van der Waals surface area contributed by atoms with Crippen molar-refractivity contribution in [2.75, 3.05) is 26.3 Å². The Balaban J connectivity index is 0.990. The molecular formula is C64H48F6N2O6. The van der Waals surface area contributed by atoms with Gasteiger partial charge in [0.05, 0.1) is 0 Å². The number of carbonyl (C=O) groups excluding carboxylic acids is 2. The van der Waals surface area contributed by atoms with Gasteiger partial charge in [-0.2, -0.15) is 26.3 Å². The van der Waals surface area contributed by atoms with Gasteiger partial charge in [-0.1, -0.05) is 170 Å². The first kappa shape index (κ1) is 51.1. The number of rotatable bonds is 0. The zero-order chi connectivity index (χ0) is 54.0. The van der Waals surface area contributed by atoms with Crippen molar-refractivity contribution in [3.63, 3.8) is 0 Å². The zero-order valence-electron chi connectivity index (χ0n) is 41.6. The van der Waals surface area contributed by atoms with E-state index in [2.05, 4.69) is 10.6 Å². The minimum atomic E-state index is -5.84. The number of nitrogens with one attached hydrogen (secondary N) is 2. The van der Waals surface area contributed by atoms with Gasteiger partial charge in [0, 0.05) is 35.3 Å². The summed E-state index contributed by atoms with van der Waals surface area (Å²) in [6.07, 6.45) is -11.3. The highest BCUT2D eigenvalue weighted by atomic mass is 19.4. The van der Waals surface area contributed by atoms with Crippen LogP contribution in [-0.4, -0.2) is 50.5 Å². The fraction of sp³-hybridized carbons (Fsp3) is 0.156. The van der Waals surface area contributed by atoms with Crippen LogP contribution in [0.2, 0.25) is 0 Å². The minimum Gasteiger partial charge on any atom is -0.488 e. The molecule has 0 aliphatic carbocycles. The van der Waals surface area contributed by atoms with Gasteiger partial charge in [0.15, 0.2) is 13.2 Å². The molecule has 8 nitrogen and oxygen atoms in total. The molecule has 0 aromatic heterocycles. The molecule has 0 unspecified atom stereocenters. The normalized spacial score (nSPS) is 14.9. The van der Waals surface area contributed by atoms with Gasteiger partial charge in [-0.3, -0.25) is 9.59 Å². The molecule has 0 saturated heterocycles. The Hall–Kier alpha value is -9.04. The molecule has 14 heteroatoms. The summed E-state index contributed by atoms with van der Waals surface area (Å²) in [7, 11) is 0. The summed E-state index contributed by atoms with van der Waals surface area (Å²) in [5, 5.41) is 12.2. The second-order valence-corrected chi connectivity index (χ2v) is 19.0. The largest absolute Gasteiger partial charge is 0.488 e. The maximum Gasteiger partial charge on any atom is 0.411 e. The van der Waals surface area contributed by atoms with Crippen LogP contribution in [0.15, 0.2) is 194 Å². The molecule has 0 atom stereocenters. The van der Waals surface area contributed by atoms with Crippen LogP contribution in [0.25, 0.3) is 65.3 Å². The van der Waals surface area contributed by atoms with E-state index in [0.717, 1.165) is 67.4 Å². The van der Waals surface area contributed by atoms with Crippen LogP contribution in [-0.2, 0) is 28.2 Å². The van der Waals surface area contributed by atoms with Gasteiger partial charge in [-0.15, -0.1) is 0 Å². The van der Waals surface area contributed by atoms with Crippen molar-refractivity contribution in [1.82, 2.24) is 10.6 Å². The number of hydrogen-bond donors (Lipinski definition) is 2. The average molecular weight is 1060 g/mol. The number of carbonyl (C=O) groups is 2. The predicted octanol–water partition coefficient (Wildman–Crippen LogP) is 14.6. The molecule has 0 spiro atoms. The lowest BCUT2D eigenvalue weighted by Gasteiger charge is -2.38. The first-order valence-corrected chi connectivity index (χ1v) is 25.2. The van der Waals surface area contributed by atoms with Gasteiger partial charge in [-0.25, -0.2) is 0 Å². The molecule has 2 N–H and O–H groups in total. The molecule has 4 bridgehead atoms. The van der Waals surface area contributed by atoms with Gasteiger partial charge in [0.25, 0.3) is 11.8 Å². The second-order valence-electron chi connectivity index (χ2n) is 19.0. The Morgan fingerprint density at radius 2 is 0.628 bits per heavy atom. The highest BCUT2D eigenvalue weighted by Gasteiger charge is 2.72. The van der Waals surface area contributed by atoms with E-state index in [1.165, 1.54) is 24.3 Å². The Bertz CT molecular complexity index is 3630. The average Bonchev–Trinajstić information content (AvgIpc) is 3.62. The van der Waals surface area contributed by atoms with E-state index >= 15 is 26.3 Å². The highest BCUT2D eigenvalue weighted by molar-refractivity contribution is 6.11. The van der Waals surface area contributed by atoms with Crippen molar-refractivity contribution >= 4 is 54.9 Å². The maximum atomic E-state index is 15.6.